The van der Waals surface area contributed by atoms with Crippen molar-refractivity contribution in [1.82, 2.24) is 19.8 Å². The number of primary amides is 1. The number of carbonyl (C=O) groups excluding carboxylic acids is 2. The molecule has 0 saturated carbocycles. The van der Waals surface area contributed by atoms with Gasteiger partial charge in [0.05, 0.1) is 12.2 Å². The minimum Gasteiger partial charge on any atom is -0.369 e. The Morgan fingerprint density at radius 1 is 0.969 bits per heavy atom. The summed E-state index contributed by atoms with van der Waals surface area (Å²) in [6.45, 7) is 4.72. The topological polar surface area (TPSA) is 104 Å². The molecule has 0 bridgehead atoms. The molecule has 8 nitrogen and oxygen atoms in total. The summed E-state index contributed by atoms with van der Waals surface area (Å²) < 4.78 is 0. The van der Waals surface area contributed by atoms with Gasteiger partial charge in [0, 0.05) is 49.2 Å². The molecule has 2 aromatic carbocycles. The zero-order valence-corrected chi connectivity index (χ0v) is 18.0. The van der Waals surface area contributed by atoms with E-state index in [1.165, 1.54) is 5.56 Å². The Bertz CT molecular complexity index is 1090. The summed E-state index contributed by atoms with van der Waals surface area (Å²) in [7, 11) is 0. The monoisotopic (exact) mass is 430 g/mol. The van der Waals surface area contributed by atoms with E-state index in [2.05, 4.69) is 34.3 Å². The molecule has 3 N–H and O–H groups in total. The second kappa shape index (κ2) is 9.57. The highest BCUT2D eigenvalue weighted by Gasteiger charge is 2.22. The van der Waals surface area contributed by atoms with Crippen molar-refractivity contribution in [3.05, 3.63) is 71.9 Å². The molecule has 32 heavy (non-hydrogen) atoms. The van der Waals surface area contributed by atoms with Crippen LogP contribution in [-0.4, -0.2) is 64.3 Å². The van der Waals surface area contributed by atoms with Gasteiger partial charge in [-0.1, -0.05) is 29.8 Å². The van der Waals surface area contributed by atoms with Crippen LogP contribution >= 0.6 is 0 Å². The van der Waals surface area contributed by atoms with Crippen molar-refractivity contribution in [2.24, 2.45) is 5.73 Å². The highest BCUT2D eigenvalue weighted by Crippen LogP contribution is 2.20. The number of amides is 2. The molecular formula is C24H26N6O2. The Morgan fingerprint density at radius 2 is 1.66 bits per heavy atom. The van der Waals surface area contributed by atoms with Crippen molar-refractivity contribution >= 4 is 23.5 Å². The molecule has 1 fully saturated rings. The van der Waals surface area contributed by atoms with Crippen molar-refractivity contribution in [3.8, 4) is 11.3 Å². The standard InChI is InChI=1S/C24H26N6O2/c1-17-2-4-18(5-3-17)21-10-11-26-24(28-21)27-20-8-6-19(7-9-20)23(32)30-14-12-29(13-15-30)16-22(25)31/h2-11H,12-16H2,1H3,(H2,25,31)(H,26,27,28). The third kappa shape index (κ3) is 5.28. The smallest absolute Gasteiger partial charge is 0.253 e. The molecule has 2 heterocycles. The highest BCUT2D eigenvalue weighted by atomic mass is 16.2. The Balaban J connectivity index is 1.38. The molecule has 0 atom stereocenters. The number of benzene rings is 2. The molecule has 0 aliphatic carbocycles. The Hall–Kier alpha value is -3.78. The molecule has 3 aromatic rings. The van der Waals surface area contributed by atoms with Gasteiger partial charge in [-0.15, -0.1) is 0 Å². The average Bonchev–Trinajstić information content (AvgIpc) is 2.80. The van der Waals surface area contributed by atoms with Gasteiger partial charge in [0.1, 0.15) is 0 Å². The number of aryl methyl sites for hydroxylation is 1. The summed E-state index contributed by atoms with van der Waals surface area (Å²) in [6, 6.07) is 17.3. The van der Waals surface area contributed by atoms with Crippen molar-refractivity contribution in [2.45, 2.75) is 6.92 Å². The van der Waals surface area contributed by atoms with Crippen molar-refractivity contribution < 1.29 is 9.59 Å². The second-order valence-electron chi connectivity index (χ2n) is 7.87. The van der Waals surface area contributed by atoms with Crippen molar-refractivity contribution in [2.75, 3.05) is 38.0 Å². The lowest BCUT2D eigenvalue weighted by Gasteiger charge is -2.34. The van der Waals surface area contributed by atoms with Gasteiger partial charge in [0.25, 0.3) is 5.91 Å². The summed E-state index contributed by atoms with van der Waals surface area (Å²) >= 11 is 0. The maximum absolute atomic E-state index is 12.8. The number of hydrogen-bond donors (Lipinski definition) is 2. The molecule has 1 aromatic heterocycles. The number of rotatable bonds is 6. The van der Waals surface area contributed by atoms with Gasteiger partial charge in [0.15, 0.2) is 0 Å². The van der Waals surface area contributed by atoms with Crippen LogP contribution in [0, 0.1) is 6.92 Å². The molecule has 1 aliphatic rings. The fraction of sp³-hybridized carbons (Fsp3) is 0.250. The Kier molecular flexibility index (Phi) is 6.42. The Morgan fingerprint density at radius 3 is 2.31 bits per heavy atom. The first-order valence-corrected chi connectivity index (χ1v) is 10.5. The zero-order valence-electron chi connectivity index (χ0n) is 18.0. The van der Waals surface area contributed by atoms with Gasteiger partial charge in [0.2, 0.25) is 11.9 Å². The summed E-state index contributed by atoms with van der Waals surface area (Å²) in [5, 5.41) is 3.20. The maximum Gasteiger partial charge on any atom is 0.253 e. The van der Waals surface area contributed by atoms with E-state index in [9.17, 15) is 9.59 Å². The van der Waals surface area contributed by atoms with E-state index >= 15 is 0 Å². The first-order chi connectivity index (χ1) is 15.5. The number of aromatic nitrogens is 2. The summed E-state index contributed by atoms with van der Waals surface area (Å²) in [4.78, 5) is 36.5. The summed E-state index contributed by atoms with van der Waals surface area (Å²) in [6.07, 6.45) is 1.72. The fourth-order valence-electron chi connectivity index (χ4n) is 3.64. The largest absolute Gasteiger partial charge is 0.369 e. The van der Waals surface area contributed by atoms with E-state index in [0.29, 0.717) is 37.7 Å². The highest BCUT2D eigenvalue weighted by molar-refractivity contribution is 5.94. The molecule has 0 spiro atoms. The number of nitrogens with two attached hydrogens (primary N) is 1. The van der Waals surface area contributed by atoms with Crippen LogP contribution in [0.4, 0.5) is 11.6 Å². The molecule has 0 unspecified atom stereocenters. The van der Waals surface area contributed by atoms with Gasteiger partial charge in [-0.2, -0.15) is 0 Å². The molecule has 1 aliphatic heterocycles. The van der Waals surface area contributed by atoms with Crippen LogP contribution in [-0.2, 0) is 4.79 Å². The number of piperazine rings is 1. The number of hydrogen-bond acceptors (Lipinski definition) is 6. The molecule has 2 amide bonds. The van der Waals surface area contributed by atoms with Crippen LogP contribution in [0.5, 0.6) is 0 Å². The second-order valence-corrected chi connectivity index (χ2v) is 7.87. The van der Waals surface area contributed by atoms with Crippen LogP contribution < -0.4 is 11.1 Å². The predicted molar refractivity (Wildman–Crippen MR) is 123 cm³/mol. The summed E-state index contributed by atoms with van der Waals surface area (Å²) in [5.74, 6) is 0.127. The predicted octanol–water partition coefficient (Wildman–Crippen LogP) is 2.44. The number of nitrogens with zero attached hydrogens (tertiary/aromatic N) is 4. The normalized spacial score (nSPS) is 14.2. The van der Waals surface area contributed by atoms with E-state index in [1.807, 2.05) is 35.2 Å². The van der Waals surface area contributed by atoms with Crippen molar-refractivity contribution in [1.29, 1.82) is 0 Å². The van der Waals surface area contributed by atoms with Gasteiger partial charge < -0.3 is 16.0 Å². The van der Waals surface area contributed by atoms with Crippen LogP contribution in [0.3, 0.4) is 0 Å². The molecular weight excluding hydrogens is 404 g/mol. The van der Waals surface area contributed by atoms with Crippen LogP contribution in [0.15, 0.2) is 60.8 Å². The first kappa shape index (κ1) is 21.5. The number of anilines is 2. The number of nitrogens with one attached hydrogen (secondary N) is 1. The lowest BCUT2D eigenvalue weighted by molar-refractivity contribution is -0.119. The van der Waals surface area contributed by atoms with Gasteiger partial charge >= 0.3 is 0 Å². The zero-order chi connectivity index (χ0) is 22.5. The minimum absolute atomic E-state index is 0.0205. The maximum atomic E-state index is 12.8. The minimum atomic E-state index is -0.346. The van der Waals surface area contributed by atoms with Crippen LogP contribution in [0.25, 0.3) is 11.3 Å². The van der Waals surface area contributed by atoms with E-state index in [-0.39, 0.29) is 18.4 Å². The lowest BCUT2D eigenvalue weighted by atomic mass is 10.1. The van der Waals surface area contributed by atoms with E-state index in [0.717, 1.165) is 16.9 Å². The summed E-state index contributed by atoms with van der Waals surface area (Å²) in [5.41, 5.74) is 9.73. The third-order valence-corrected chi connectivity index (χ3v) is 5.43. The number of carbonyl (C=O) groups is 2. The average molecular weight is 431 g/mol. The molecule has 8 heteroatoms. The van der Waals surface area contributed by atoms with Crippen LogP contribution in [0.1, 0.15) is 15.9 Å². The third-order valence-electron chi connectivity index (χ3n) is 5.43. The van der Waals surface area contributed by atoms with Gasteiger partial charge in [-0.05, 0) is 37.3 Å². The van der Waals surface area contributed by atoms with E-state index < -0.39 is 0 Å². The van der Waals surface area contributed by atoms with E-state index in [4.69, 9.17) is 5.73 Å². The fourth-order valence-corrected chi connectivity index (χ4v) is 3.64. The molecule has 0 radical (unpaired) electrons. The molecule has 164 valence electrons. The SMILES string of the molecule is Cc1ccc(-c2ccnc(Nc3ccc(C(=O)N4CCN(CC(N)=O)CC4)cc3)n2)cc1. The van der Waals surface area contributed by atoms with Gasteiger partial charge in [-0.3, -0.25) is 14.5 Å². The Labute approximate surface area is 187 Å². The van der Waals surface area contributed by atoms with Crippen molar-refractivity contribution in [3.63, 3.8) is 0 Å². The molecule has 1 saturated heterocycles. The first-order valence-electron chi connectivity index (χ1n) is 10.5. The van der Waals surface area contributed by atoms with Crippen LogP contribution in [0.2, 0.25) is 0 Å². The quantitative estimate of drug-likeness (QED) is 0.622. The molecule has 4 rings (SSSR count). The lowest BCUT2D eigenvalue weighted by Crippen LogP contribution is -2.50. The van der Waals surface area contributed by atoms with Gasteiger partial charge in [-0.25, -0.2) is 9.97 Å². The van der Waals surface area contributed by atoms with E-state index in [1.54, 1.807) is 23.2 Å².